The molecule has 2 aromatic carbocycles. The van der Waals surface area contributed by atoms with Crippen molar-refractivity contribution in [3.8, 4) is 11.5 Å². The Hall–Kier alpha value is -3.24. The Morgan fingerprint density at radius 3 is 2.51 bits per heavy atom. The van der Waals surface area contributed by atoms with Crippen molar-refractivity contribution in [1.29, 1.82) is 0 Å². The number of aromatic nitrogens is 1. The normalized spacial score (nSPS) is 15.5. The number of esters is 1. The lowest BCUT2D eigenvalue weighted by Gasteiger charge is -2.24. The second-order valence-electron chi connectivity index (χ2n) is 7.58. The smallest absolute Gasteiger partial charge is 0.338 e. The van der Waals surface area contributed by atoms with E-state index in [4.69, 9.17) is 14.2 Å². The summed E-state index contributed by atoms with van der Waals surface area (Å²) in [6.45, 7) is 3.57. The van der Waals surface area contributed by atoms with Crippen LogP contribution in [0.2, 0.25) is 0 Å². The van der Waals surface area contributed by atoms with Gasteiger partial charge in [-0.25, -0.2) is 14.2 Å². The molecule has 3 aromatic rings. The molecule has 1 aliphatic rings. The van der Waals surface area contributed by atoms with Crippen LogP contribution in [0, 0.1) is 5.82 Å². The molecule has 35 heavy (non-hydrogen) atoms. The number of thiazole rings is 1. The molecule has 0 radical (unpaired) electrons. The third-order valence-corrected chi connectivity index (χ3v) is 7.10. The molecule has 2 heterocycles. The van der Waals surface area contributed by atoms with Crippen molar-refractivity contribution in [2.45, 2.75) is 19.9 Å². The number of allylic oxidation sites excluding steroid dienone is 1. The van der Waals surface area contributed by atoms with Crippen LogP contribution in [0.25, 0.3) is 6.08 Å². The number of benzene rings is 2. The Morgan fingerprint density at radius 1 is 1.20 bits per heavy atom. The van der Waals surface area contributed by atoms with Gasteiger partial charge in [-0.2, -0.15) is 0 Å². The number of hydrogen-bond donors (Lipinski definition) is 0. The van der Waals surface area contributed by atoms with Crippen molar-refractivity contribution in [2.75, 3.05) is 20.8 Å². The quantitative estimate of drug-likeness (QED) is 0.429. The highest BCUT2D eigenvalue weighted by molar-refractivity contribution is 9.10. The topological polar surface area (TPSA) is 79.1 Å². The van der Waals surface area contributed by atoms with E-state index in [0.717, 1.165) is 0 Å². The number of halogens is 2. The number of ether oxygens (including phenoxy) is 3. The summed E-state index contributed by atoms with van der Waals surface area (Å²) < 4.78 is 32.3. The fourth-order valence-electron chi connectivity index (χ4n) is 3.89. The first kappa shape index (κ1) is 24.9. The largest absolute Gasteiger partial charge is 0.496 e. The maximum atomic E-state index is 13.7. The zero-order valence-corrected chi connectivity index (χ0v) is 21.8. The average molecular weight is 561 g/mol. The molecule has 0 N–H and O–H groups in total. The Morgan fingerprint density at radius 2 is 1.89 bits per heavy atom. The second kappa shape index (κ2) is 10.2. The van der Waals surface area contributed by atoms with Gasteiger partial charge < -0.3 is 14.2 Å². The second-order valence-corrected chi connectivity index (χ2v) is 9.45. The van der Waals surface area contributed by atoms with Gasteiger partial charge in [0, 0.05) is 11.6 Å². The Kier molecular flexibility index (Phi) is 7.23. The summed E-state index contributed by atoms with van der Waals surface area (Å²) in [7, 11) is 3.08. The van der Waals surface area contributed by atoms with E-state index in [-0.39, 0.29) is 17.7 Å². The third-order valence-electron chi connectivity index (χ3n) is 5.49. The minimum Gasteiger partial charge on any atom is -0.496 e. The van der Waals surface area contributed by atoms with E-state index in [9.17, 15) is 14.0 Å². The third kappa shape index (κ3) is 4.68. The number of carbonyl (C=O) groups excluding carboxylic acids is 1. The predicted octanol–water partition coefficient (Wildman–Crippen LogP) is 3.72. The molecule has 4 rings (SSSR count). The summed E-state index contributed by atoms with van der Waals surface area (Å²) >= 11 is 4.65. The van der Waals surface area contributed by atoms with Gasteiger partial charge in [0.1, 0.15) is 17.3 Å². The molecule has 0 bridgehead atoms. The number of nitrogens with zero attached hydrogens (tertiary/aromatic N) is 2. The molecule has 0 aliphatic carbocycles. The Balaban J connectivity index is 1.96. The fraction of sp³-hybridized carbons (Fsp3) is 0.240. The van der Waals surface area contributed by atoms with Crippen LogP contribution < -0.4 is 24.4 Å². The van der Waals surface area contributed by atoms with E-state index < -0.39 is 17.8 Å². The van der Waals surface area contributed by atoms with Crippen molar-refractivity contribution in [2.24, 2.45) is 4.99 Å². The van der Waals surface area contributed by atoms with Gasteiger partial charge in [0.15, 0.2) is 4.80 Å². The molecule has 182 valence electrons. The van der Waals surface area contributed by atoms with Crippen LogP contribution in [0.5, 0.6) is 11.5 Å². The molecule has 1 aliphatic heterocycles. The Labute approximate surface area is 212 Å². The number of fused-ring (bicyclic) bond motifs is 1. The molecule has 0 spiro atoms. The van der Waals surface area contributed by atoms with Crippen LogP contribution in [0.3, 0.4) is 0 Å². The molecular formula is C25H22BrFN2O5S. The zero-order valence-electron chi connectivity index (χ0n) is 19.4. The van der Waals surface area contributed by atoms with Crippen molar-refractivity contribution in [3.63, 3.8) is 0 Å². The summed E-state index contributed by atoms with van der Waals surface area (Å²) in [6.07, 6.45) is 1.71. The van der Waals surface area contributed by atoms with Crippen LogP contribution in [0.15, 0.2) is 61.9 Å². The number of rotatable bonds is 6. The predicted molar refractivity (Wildman–Crippen MR) is 134 cm³/mol. The molecule has 10 heteroatoms. The first-order valence-electron chi connectivity index (χ1n) is 10.7. The van der Waals surface area contributed by atoms with Gasteiger partial charge >= 0.3 is 5.97 Å². The maximum absolute atomic E-state index is 13.7. The average Bonchev–Trinajstić information content (AvgIpc) is 3.13. The van der Waals surface area contributed by atoms with Gasteiger partial charge in [0.2, 0.25) is 0 Å². The zero-order chi connectivity index (χ0) is 25.3. The van der Waals surface area contributed by atoms with E-state index >= 15 is 0 Å². The van der Waals surface area contributed by atoms with Crippen molar-refractivity contribution < 1.29 is 23.4 Å². The molecule has 1 aromatic heterocycles. The van der Waals surface area contributed by atoms with E-state index in [2.05, 4.69) is 20.9 Å². The van der Waals surface area contributed by atoms with E-state index in [1.165, 1.54) is 35.1 Å². The summed E-state index contributed by atoms with van der Waals surface area (Å²) in [5.74, 6) is 0.121. The van der Waals surface area contributed by atoms with E-state index in [1.807, 2.05) is 0 Å². The first-order valence-corrected chi connectivity index (χ1v) is 12.3. The van der Waals surface area contributed by atoms with Gasteiger partial charge in [0.05, 0.1) is 47.1 Å². The van der Waals surface area contributed by atoms with Crippen molar-refractivity contribution in [1.82, 2.24) is 4.57 Å². The molecule has 7 nitrogen and oxygen atoms in total. The highest BCUT2D eigenvalue weighted by atomic mass is 79.9. The maximum Gasteiger partial charge on any atom is 0.338 e. The molecule has 0 amide bonds. The molecule has 1 atom stereocenters. The monoisotopic (exact) mass is 560 g/mol. The molecule has 0 saturated heterocycles. The highest BCUT2D eigenvalue weighted by Crippen LogP contribution is 2.34. The summed E-state index contributed by atoms with van der Waals surface area (Å²) in [4.78, 5) is 31.5. The molecule has 0 saturated carbocycles. The van der Waals surface area contributed by atoms with E-state index in [1.54, 1.807) is 51.3 Å². The summed E-state index contributed by atoms with van der Waals surface area (Å²) in [5.41, 5.74) is 1.56. The lowest BCUT2D eigenvalue weighted by atomic mass is 9.96. The van der Waals surface area contributed by atoms with Crippen LogP contribution >= 0.6 is 27.3 Å². The molecule has 0 fully saturated rings. The van der Waals surface area contributed by atoms with Crippen LogP contribution in [-0.2, 0) is 9.53 Å². The van der Waals surface area contributed by atoms with Crippen LogP contribution in [0.1, 0.15) is 31.0 Å². The van der Waals surface area contributed by atoms with Gasteiger partial charge in [-0.1, -0.05) is 23.5 Å². The fourth-order valence-corrected chi connectivity index (χ4v) is 5.45. The van der Waals surface area contributed by atoms with Gasteiger partial charge in [-0.3, -0.25) is 9.36 Å². The van der Waals surface area contributed by atoms with E-state index in [0.29, 0.717) is 42.1 Å². The molecule has 0 unspecified atom stereocenters. The summed E-state index contributed by atoms with van der Waals surface area (Å²) in [5, 5.41) is 0. The van der Waals surface area contributed by atoms with Gasteiger partial charge in [-0.05, 0) is 59.6 Å². The van der Waals surface area contributed by atoms with Gasteiger partial charge in [-0.15, -0.1) is 0 Å². The van der Waals surface area contributed by atoms with Crippen molar-refractivity contribution >= 4 is 39.3 Å². The number of carbonyl (C=O) groups is 1. The SMILES string of the molecule is CCOC(=O)C1=C(C)N=c2s/c(=C\c3cc(Br)c(OC)cc3OC)c(=O)n2[C@@H]1c1ccc(F)cc1. The Bertz CT molecular complexity index is 1510. The lowest BCUT2D eigenvalue weighted by molar-refractivity contribution is -0.139. The lowest BCUT2D eigenvalue weighted by Crippen LogP contribution is -2.39. The highest BCUT2D eigenvalue weighted by Gasteiger charge is 2.33. The van der Waals surface area contributed by atoms with Gasteiger partial charge in [0.25, 0.3) is 5.56 Å². The number of hydrogen-bond acceptors (Lipinski definition) is 7. The number of methoxy groups -OCH3 is 2. The first-order chi connectivity index (χ1) is 16.8. The minimum atomic E-state index is -0.808. The standard InChI is InChI=1S/C25H22BrFN2O5S/c1-5-34-24(31)21-13(2)28-25-29(22(21)14-6-8-16(27)9-7-14)23(30)20(35-25)11-15-10-17(26)19(33-4)12-18(15)32-3/h6-12,22H,5H2,1-4H3/b20-11-/t22-/m1/s1. The van der Waals surface area contributed by atoms with Crippen LogP contribution in [-0.4, -0.2) is 31.4 Å². The minimum absolute atomic E-state index is 0.169. The van der Waals surface area contributed by atoms with Crippen molar-refractivity contribution in [3.05, 3.63) is 88.8 Å². The van der Waals surface area contributed by atoms with Crippen LogP contribution in [0.4, 0.5) is 4.39 Å². The summed E-state index contributed by atoms with van der Waals surface area (Å²) in [6, 6.07) is 8.40. The molecular weight excluding hydrogens is 539 g/mol.